The number of hydrogen-bond acceptors (Lipinski definition) is 2. The number of halogens is 1. The topological polar surface area (TPSA) is 34.9 Å². The van der Waals surface area contributed by atoms with Gasteiger partial charge in [0, 0.05) is 28.6 Å². The largest absolute Gasteiger partial charge is 0.328 e. The molecule has 0 aliphatic heterocycles. The van der Waals surface area contributed by atoms with Crippen molar-refractivity contribution < 1.29 is 4.79 Å². The highest BCUT2D eigenvalue weighted by Gasteiger charge is 2.19. The fraction of sp³-hybridized carbons (Fsp3) is 0.333. The van der Waals surface area contributed by atoms with Crippen LogP contribution in [0.2, 0.25) is 5.02 Å². The Balaban J connectivity index is 2.15. The number of benzene rings is 2. The molecule has 0 saturated carbocycles. The van der Waals surface area contributed by atoms with E-state index in [1.54, 1.807) is 0 Å². The predicted molar refractivity (Wildman–Crippen MR) is 117 cm³/mol. The maximum atomic E-state index is 13.0. The van der Waals surface area contributed by atoms with Gasteiger partial charge in [0.25, 0.3) is 0 Å². The van der Waals surface area contributed by atoms with E-state index in [0.717, 1.165) is 27.9 Å². The van der Waals surface area contributed by atoms with Gasteiger partial charge in [0.2, 0.25) is 0 Å². The third kappa shape index (κ3) is 4.71. The molecule has 0 radical (unpaired) electrons. The second-order valence-corrected chi connectivity index (χ2v) is 9.18. The van der Waals surface area contributed by atoms with Crippen LogP contribution >= 0.6 is 11.6 Å². The van der Waals surface area contributed by atoms with Gasteiger partial charge in [-0.2, -0.15) is 0 Å². The highest BCUT2D eigenvalue weighted by Crippen LogP contribution is 2.32. The summed E-state index contributed by atoms with van der Waals surface area (Å²) in [7, 11) is 0. The summed E-state index contributed by atoms with van der Waals surface area (Å²) in [5.41, 5.74) is 4.71. The van der Waals surface area contributed by atoms with Crippen LogP contribution in [0.15, 0.2) is 55.0 Å². The van der Waals surface area contributed by atoms with Crippen molar-refractivity contribution in [2.45, 2.75) is 47.1 Å². The molecular weight excluding hydrogens is 368 g/mol. The number of imidazole rings is 1. The molecule has 2 aromatic carbocycles. The molecule has 1 heterocycles. The molecule has 4 heteroatoms. The number of Topliss-reactive ketones (excluding diaryl/α,β-unsaturated/α-hetero) is 1. The fourth-order valence-electron chi connectivity index (χ4n) is 3.27. The van der Waals surface area contributed by atoms with Crippen molar-refractivity contribution in [3.05, 3.63) is 65.6 Å². The van der Waals surface area contributed by atoms with Gasteiger partial charge in [-0.3, -0.25) is 4.79 Å². The van der Waals surface area contributed by atoms with Crippen molar-refractivity contribution in [1.29, 1.82) is 0 Å². The van der Waals surface area contributed by atoms with Gasteiger partial charge in [-0.1, -0.05) is 44.5 Å². The van der Waals surface area contributed by atoms with Gasteiger partial charge in [-0.15, -0.1) is 0 Å². The summed E-state index contributed by atoms with van der Waals surface area (Å²) in [6.07, 6.45) is 4.20. The molecule has 0 atom stereocenters. The van der Waals surface area contributed by atoms with E-state index < -0.39 is 0 Å². The van der Waals surface area contributed by atoms with Crippen molar-refractivity contribution in [1.82, 2.24) is 9.55 Å². The molecule has 0 saturated heterocycles. The van der Waals surface area contributed by atoms with E-state index in [2.05, 4.69) is 50.2 Å². The first-order chi connectivity index (χ1) is 13.1. The first-order valence-corrected chi connectivity index (χ1v) is 9.98. The Morgan fingerprint density at radius 1 is 1.04 bits per heavy atom. The lowest BCUT2D eigenvalue weighted by Gasteiger charge is -2.18. The summed E-state index contributed by atoms with van der Waals surface area (Å²) in [5.74, 6) is 0.153. The Bertz CT molecular complexity index is 979. The summed E-state index contributed by atoms with van der Waals surface area (Å²) in [6, 6.07) is 14.1. The van der Waals surface area contributed by atoms with Gasteiger partial charge in [-0.05, 0) is 60.7 Å². The average Bonchev–Trinajstić information content (AvgIpc) is 3.10. The molecular formula is C24H27ClN2O. The van der Waals surface area contributed by atoms with Crippen LogP contribution in [-0.4, -0.2) is 15.3 Å². The van der Waals surface area contributed by atoms with Crippen molar-refractivity contribution >= 4 is 17.4 Å². The van der Waals surface area contributed by atoms with Gasteiger partial charge >= 0.3 is 0 Å². The van der Waals surface area contributed by atoms with Crippen LogP contribution in [0, 0.1) is 5.41 Å². The molecule has 146 valence electrons. The standard InChI is InChI=1S/C24H27ClN2O/c1-16(2)27-15-26-14-22(27)19-10-18(17-6-8-21(25)9-7-17)11-20(12-19)23(28)13-24(3,4)5/h6-12,14-16H,13H2,1-5H3. The van der Waals surface area contributed by atoms with Crippen LogP contribution < -0.4 is 0 Å². The third-order valence-electron chi connectivity index (χ3n) is 4.64. The second kappa shape index (κ2) is 7.92. The molecule has 0 unspecified atom stereocenters. The van der Waals surface area contributed by atoms with E-state index in [1.807, 2.05) is 48.9 Å². The zero-order valence-corrected chi connectivity index (χ0v) is 17.9. The zero-order chi connectivity index (χ0) is 20.5. The van der Waals surface area contributed by atoms with E-state index in [1.165, 1.54) is 0 Å². The van der Waals surface area contributed by atoms with Crippen LogP contribution in [0.1, 0.15) is 57.4 Å². The Morgan fingerprint density at radius 3 is 2.29 bits per heavy atom. The summed E-state index contributed by atoms with van der Waals surface area (Å²) in [5, 5.41) is 0.696. The molecule has 0 spiro atoms. The van der Waals surface area contributed by atoms with E-state index in [9.17, 15) is 4.79 Å². The van der Waals surface area contributed by atoms with Gasteiger partial charge in [0.15, 0.2) is 5.78 Å². The van der Waals surface area contributed by atoms with Gasteiger partial charge in [0.05, 0.1) is 18.2 Å². The zero-order valence-electron chi connectivity index (χ0n) is 17.2. The highest BCUT2D eigenvalue weighted by atomic mass is 35.5. The Hall–Kier alpha value is -2.39. The number of rotatable bonds is 5. The summed E-state index contributed by atoms with van der Waals surface area (Å²) in [4.78, 5) is 17.3. The lowest BCUT2D eigenvalue weighted by Crippen LogP contribution is -2.13. The summed E-state index contributed by atoms with van der Waals surface area (Å²) >= 11 is 6.06. The Morgan fingerprint density at radius 2 is 1.68 bits per heavy atom. The molecule has 3 rings (SSSR count). The molecule has 1 aromatic heterocycles. The van der Waals surface area contributed by atoms with E-state index in [0.29, 0.717) is 11.4 Å². The molecule has 0 aliphatic carbocycles. The average molecular weight is 395 g/mol. The normalized spacial score (nSPS) is 11.8. The lowest BCUT2D eigenvalue weighted by atomic mass is 9.86. The molecule has 0 aliphatic rings. The molecule has 3 aromatic rings. The molecule has 0 amide bonds. The van der Waals surface area contributed by atoms with Gasteiger partial charge < -0.3 is 4.57 Å². The number of hydrogen-bond donors (Lipinski definition) is 0. The number of nitrogens with zero attached hydrogens (tertiary/aromatic N) is 2. The van der Waals surface area contributed by atoms with E-state index >= 15 is 0 Å². The number of aromatic nitrogens is 2. The van der Waals surface area contributed by atoms with Crippen molar-refractivity contribution in [2.75, 3.05) is 0 Å². The number of carbonyl (C=O) groups excluding carboxylic acids is 1. The predicted octanol–water partition coefficient (Wildman–Crippen LogP) is 7.07. The quantitative estimate of drug-likeness (QED) is 0.433. The maximum Gasteiger partial charge on any atom is 0.163 e. The molecule has 0 bridgehead atoms. The number of ketones is 1. The Kier molecular flexibility index (Phi) is 5.76. The smallest absolute Gasteiger partial charge is 0.163 e. The Labute approximate surface area is 172 Å². The molecule has 28 heavy (non-hydrogen) atoms. The monoisotopic (exact) mass is 394 g/mol. The van der Waals surface area contributed by atoms with Crippen molar-refractivity contribution in [3.8, 4) is 22.4 Å². The fourth-order valence-corrected chi connectivity index (χ4v) is 3.39. The van der Waals surface area contributed by atoms with Crippen LogP contribution in [0.4, 0.5) is 0 Å². The van der Waals surface area contributed by atoms with Gasteiger partial charge in [-0.25, -0.2) is 4.98 Å². The lowest BCUT2D eigenvalue weighted by molar-refractivity contribution is 0.0940. The molecule has 3 nitrogen and oxygen atoms in total. The first-order valence-electron chi connectivity index (χ1n) is 9.60. The summed E-state index contributed by atoms with van der Waals surface area (Å²) < 4.78 is 2.12. The van der Waals surface area contributed by atoms with Crippen LogP contribution in [0.25, 0.3) is 22.4 Å². The number of carbonyl (C=O) groups is 1. The SMILES string of the molecule is CC(C)n1cncc1-c1cc(C(=O)CC(C)(C)C)cc(-c2ccc(Cl)cc2)c1. The third-order valence-corrected chi connectivity index (χ3v) is 4.89. The van der Waals surface area contributed by atoms with Crippen molar-refractivity contribution in [2.24, 2.45) is 5.41 Å². The molecule has 0 fully saturated rings. The minimum absolute atomic E-state index is 0.0623. The van der Waals surface area contributed by atoms with Crippen LogP contribution in [0.5, 0.6) is 0 Å². The first kappa shape index (κ1) is 20.3. The van der Waals surface area contributed by atoms with Gasteiger partial charge in [0.1, 0.15) is 0 Å². The molecule has 0 N–H and O–H groups in total. The van der Waals surface area contributed by atoms with Crippen molar-refractivity contribution in [3.63, 3.8) is 0 Å². The van der Waals surface area contributed by atoms with E-state index in [4.69, 9.17) is 11.6 Å². The minimum Gasteiger partial charge on any atom is -0.328 e. The highest BCUT2D eigenvalue weighted by molar-refractivity contribution is 6.30. The summed E-state index contributed by atoms with van der Waals surface area (Å²) in [6.45, 7) is 10.5. The minimum atomic E-state index is -0.0623. The second-order valence-electron chi connectivity index (χ2n) is 8.75. The van der Waals surface area contributed by atoms with Crippen LogP contribution in [-0.2, 0) is 0 Å². The van der Waals surface area contributed by atoms with Crippen LogP contribution in [0.3, 0.4) is 0 Å². The maximum absolute atomic E-state index is 13.0. The van der Waals surface area contributed by atoms with E-state index in [-0.39, 0.29) is 17.2 Å².